The Kier molecular flexibility index (Phi) is 10.6. The van der Waals surface area contributed by atoms with Crippen LogP contribution in [0.2, 0.25) is 0 Å². The highest BCUT2D eigenvalue weighted by molar-refractivity contribution is 5.89. The summed E-state index contributed by atoms with van der Waals surface area (Å²) in [5.74, 6) is -7.47. The number of nitrogens with one attached hydrogen (secondary N) is 1. The summed E-state index contributed by atoms with van der Waals surface area (Å²) < 4.78 is 21.4. The molecule has 0 aromatic carbocycles. The number of rotatable bonds is 10. The molecule has 0 aromatic heterocycles. The predicted octanol–water partition coefficient (Wildman–Crippen LogP) is -5.23. The summed E-state index contributed by atoms with van der Waals surface area (Å²) in [6.07, 6.45) is -2.48. The van der Waals surface area contributed by atoms with Crippen molar-refractivity contribution in [3.05, 3.63) is 36.6 Å². The van der Waals surface area contributed by atoms with Gasteiger partial charge >= 0.3 is 5.97 Å². The number of aliphatic hydroxyl groups excluding tert-OH is 4. The van der Waals surface area contributed by atoms with E-state index in [4.69, 9.17) is 18.9 Å². The minimum Gasteiger partial charge on any atom is -0.550 e. The van der Waals surface area contributed by atoms with Crippen molar-refractivity contribution in [2.45, 2.75) is 43.1 Å². The number of hydrogen-bond acceptors (Lipinski definition) is 13. The summed E-state index contributed by atoms with van der Waals surface area (Å²) >= 11 is 0. The number of hydrogen-bond donors (Lipinski definition) is 7. The molecule has 10 atom stereocenters. The number of methoxy groups -OCH3 is 1. The van der Waals surface area contributed by atoms with E-state index >= 15 is 0 Å². The molecule has 0 aromatic rings. The van der Waals surface area contributed by atoms with E-state index in [1.807, 2.05) is 0 Å². The molecule has 39 heavy (non-hydrogen) atoms. The smallest absolute Gasteiger partial charge is 0.337 e. The molecule has 0 aliphatic carbocycles. The van der Waals surface area contributed by atoms with Crippen LogP contribution in [-0.2, 0) is 28.5 Å². The lowest BCUT2D eigenvalue weighted by atomic mass is 9.81. The lowest BCUT2D eigenvalue weighted by molar-refractivity contribution is -0.911. The Balaban J connectivity index is 1.86. The lowest BCUT2D eigenvalue weighted by Crippen LogP contribution is -3.15. The Morgan fingerprint density at radius 2 is 1.92 bits per heavy atom. The molecule has 3 heterocycles. The number of carbonyl (C=O) groups excluding carboxylic acids is 2. The topological polar surface area (TPSA) is 220 Å². The Morgan fingerprint density at radius 3 is 2.51 bits per heavy atom. The molecule has 0 saturated carbocycles. The van der Waals surface area contributed by atoms with E-state index in [0.29, 0.717) is 26.1 Å². The Bertz CT molecular complexity index is 937. The first kappa shape index (κ1) is 31.1. The second-order valence-electron chi connectivity index (χ2n) is 9.97. The van der Waals surface area contributed by atoms with E-state index in [9.17, 15) is 45.3 Å². The van der Waals surface area contributed by atoms with Crippen LogP contribution >= 0.6 is 0 Å². The number of piperidine rings is 1. The van der Waals surface area contributed by atoms with Gasteiger partial charge in [-0.05, 0) is 6.42 Å². The van der Waals surface area contributed by atoms with Crippen LogP contribution in [0.3, 0.4) is 0 Å². The maximum Gasteiger partial charge on any atom is 0.337 e. The van der Waals surface area contributed by atoms with Crippen molar-refractivity contribution in [2.75, 3.05) is 40.0 Å². The number of carbonyl (C=O) groups is 2. The van der Waals surface area contributed by atoms with E-state index in [-0.39, 0.29) is 18.1 Å². The quantitative estimate of drug-likeness (QED) is 0.0757. The number of quaternary nitrogens is 1. The molecule has 3 aliphatic heterocycles. The zero-order chi connectivity index (χ0) is 28.9. The van der Waals surface area contributed by atoms with E-state index in [1.165, 1.54) is 13.2 Å². The molecule has 14 heteroatoms. The van der Waals surface area contributed by atoms with Crippen LogP contribution in [0.4, 0.5) is 0 Å². The number of likely N-dealkylation sites (tertiary alicyclic amines) is 1. The van der Waals surface area contributed by atoms with Gasteiger partial charge in [-0.3, -0.25) is 0 Å². The van der Waals surface area contributed by atoms with Crippen LogP contribution in [0, 0.1) is 23.7 Å². The second-order valence-corrected chi connectivity index (χ2v) is 9.97. The molecule has 7 N–H and O–H groups in total. The zero-order valence-electron chi connectivity index (χ0n) is 21.5. The number of aliphatic carboxylic acids is 1. The Labute approximate surface area is 225 Å². The van der Waals surface area contributed by atoms with Crippen molar-refractivity contribution < 1.29 is 69.2 Å². The van der Waals surface area contributed by atoms with Crippen molar-refractivity contribution in [1.82, 2.24) is 0 Å². The standard InChI is InChI=1S/C25H37NO13/c1-3-15-16(5-4-13-8-14(21(31)32)10-26(9-13)6-7-27)17(22(33)36-2)12-37-23(15)39-24-20(30)25(34,35)19(29)18(11-28)38-24/h3-5,12-16,18-20,23-24,27-30,34-35H,1,6-11H2,2H3,(H,31,32). The number of ether oxygens (including phenoxy) is 4. The van der Waals surface area contributed by atoms with Gasteiger partial charge in [0.25, 0.3) is 0 Å². The highest BCUT2D eigenvalue weighted by atomic mass is 16.8. The number of carboxylic acids is 1. The SMILES string of the molecule is C=CC1C(OC2OC(CO)C(O)C(O)(O)C2O)OC=C(C(=O)OC)C1C=CC1CC(C(=O)[O-])C[NH+](CCO)C1. The average Bonchev–Trinajstić information content (AvgIpc) is 2.91. The van der Waals surface area contributed by atoms with Gasteiger partial charge in [-0.25, -0.2) is 4.79 Å². The molecule has 0 spiro atoms. The number of allylic oxidation sites excluding steroid dienone is 1. The molecular formula is C25H37NO13. The zero-order valence-corrected chi connectivity index (χ0v) is 21.5. The summed E-state index contributed by atoms with van der Waals surface area (Å²) in [6.45, 7) is 4.10. The summed E-state index contributed by atoms with van der Waals surface area (Å²) in [4.78, 5) is 25.0. The van der Waals surface area contributed by atoms with Gasteiger partial charge in [0.2, 0.25) is 12.1 Å². The van der Waals surface area contributed by atoms with Crippen LogP contribution in [0.15, 0.2) is 36.6 Å². The maximum absolute atomic E-state index is 12.5. The van der Waals surface area contributed by atoms with Gasteiger partial charge in [-0.15, -0.1) is 6.58 Å². The van der Waals surface area contributed by atoms with Crippen LogP contribution in [-0.4, -0.2) is 119 Å². The molecule has 220 valence electrons. The molecule has 3 aliphatic rings. The molecule has 0 amide bonds. The maximum atomic E-state index is 12.5. The monoisotopic (exact) mass is 559 g/mol. The van der Waals surface area contributed by atoms with Crippen molar-refractivity contribution in [2.24, 2.45) is 23.7 Å². The minimum atomic E-state index is -3.07. The van der Waals surface area contributed by atoms with Crippen LogP contribution in [0.25, 0.3) is 0 Å². The van der Waals surface area contributed by atoms with E-state index in [2.05, 4.69) is 6.58 Å². The third kappa shape index (κ3) is 6.85. The summed E-state index contributed by atoms with van der Waals surface area (Å²) in [5, 5.41) is 71.0. The molecule has 2 fully saturated rings. The molecule has 0 bridgehead atoms. The van der Waals surface area contributed by atoms with E-state index < -0.39 is 73.0 Å². The number of esters is 1. The van der Waals surface area contributed by atoms with Crippen LogP contribution in [0.1, 0.15) is 6.42 Å². The van der Waals surface area contributed by atoms with Gasteiger partial charge in [0.15, 0.2) is 12.4 Å². The third-order valence-corrected chi connectivity index (χ3v) is 7.41. The first-order chi connectivity index (χ1) is 18.5. The second kappa shape index (κ2) is 13.3. The number of carboxylic acid groups (broad SMARTS) is 1. The van der Waals surface area contributed by atoms with E-state index in [1.54, 1.807) is 12.2 Å². The molecule has 10 unspecified atom stereocenters. The fourth-order valence-corrected chi connectivity index (χ4v) is 5.25. The van der Waals surface area contributed by atoms with Crippen molar-refractivity contribution >= 4 is 11.9 Å². The summed E-state index contributed by atoms with van der Waals surface area (Å²) in [7, 11) is 1.19. The minimum absolute atomic E-state index is 0.0951. The van der Waals surface area contributed by atoms with Crippen LogP contribution in [0.5, 0.6) is 0 Å². The van der Waals surface area contributed by atoms with Gasteiger partial charge in [0.1, 0.15) is 18.8 Å². The molecule has 3 rings (SSSR count). The third-order valence-electron chi connectivity index (χ3n) is 7.41. The van der Waals surface area contributed by atoms with Crippen molar-refractivity contribution in [3.63, 3.8) is 0 Å². The summed E-state index contributed by atoms with van der Waals surface area (Å²) in [5.41, 5.74) is 0.0951. The average molecular weight is 560 g/mol. The van der Waals surface area contributed by atoms with Crippen molar-refractivity contribution in [1.29, 1.82) is 0 Å². The molecular weight excluding hydrogens is 522 g/mol. The van der Waals surface area contributed by atoms with Gasteiger partial charge in [-0.2, -0.15) is 0 Å². The van der Waals surface area contributed by atoms with Gasteiger partial charge < -0.3 is 64.4 Å². The van der Waals surface area contributed by atoms with Gasteiger partial charge in [0.05, 0.1) is 57.1 Å². The normalized spacial score (nSPS) is 38.5. The first-order valence-corrected chi connectivity index (χ1v) is 12.6. The van der Waals surface area contributed by atoms with Gasteiger partial charge in [0, 0.05) is 17.8 Å². The fourth-order valence-electron chi connectivity index (χ4n) is 5.25. The first-order valence-electron chi connectivity index (χ1n) is 12.6. The molecule has 2 saturated heterocycles. The largest absolute Gasteiger partial charge is 0.550 e. The number of aliphatic hydroxyl groups is 6. The lowest BCUT2D eigenvalue weighted by Gasteiger charge is -2.46. The summed E-state index contributed by atoms with van der Waals surface area (Å²) in [6, 6.07) is 0. The Hall–Kier alpha value is -2.40. The van der Waals surface area contributed by atoms with E-state index in [0.717, 1.165) is 11.2 Å². The van der Waals surface area contributed by atoms with Crippen LogP contribution < -0.4 is 10.0 Å². The fraction of sp³-hybridized carbons (Fsp3) is 0.680. The highest BCUT2D eigenvalue weighted by Gasteiger charge is 2.56. The van der Waals surface area contributed by atoms with Crippen molar-refractivity contribution in [3.8, 4) is 0 Å². The highest BCUT2D eigenvalue weighted by Crippen LogP contribution is 2.37. The molecule has 0 radical (unpaired) electrons. The molecule has 14 nitrogen and oxygen atoms in total. The van der Waals surface area contributed by atoms with Gasteiger partial charge in [-0.1, -0.05) is 18.2 Å². The Morgan fingerprint density at radius 1 is 1.21 bits per heavy atom. The predicted molar refractivity (Wildman–Crippen MR) is 127 cm³/mol.